The zero-order valence-corrected chi connectivity index (χ0v) is 16.7. The summed E-state index contributed by atoms with van der Waals surface area (Å²) in [5.74, 6) is 0.397. The third kappa shape index (κ3) is 3.00. The average Bonchev–Trinajstić information content (AvgIpc) is 3.49. The van der Waals surface area contributed by atoms with Gasteiger partial charge in [0.15, 0.2) is 11.3 Å². The summed E-state index contributed by atoms with van der Waals surface area (Å²) in [5, 5.41) is 8.31. The van der Waals surface area contributed by atoms with Crippen molar-refractivity contribution in [3.8, 4) is 0 Å². The molecular weight excluding hydrogens is 386 g/mol. The van der Waals surface area contributed by atoms with Gasteiger partial charge in [0.1, 0.15) is 5.76 Å². The Kier molecular flexibility index (Phi) is 4.27. The molecule has 1 aliphatic heterocycles. The summed E-state index contributed by atoms with van der Waals surface area (Å²) in [6.07, 6.45) is 6.00. The molecule has 4 aromatic heterocycles. The predicted molar refractivity (Wildman–Crippen MR) is 107 cm³/mol. The van der Waals surface area contributed by atoms with Crippen LogP contribution in [0.25, 0.3) is 11.2 Å². The molecule has 1 saturated heterocycles. The van der Waals surface area contributed by atoms with Crippen molar-refractivity contribution in [3.63, 3.8) is 0 Å². The number of hydrogen-bond acceptors (Lipinski definition) is 6. The molecule has 0 aliphatic carbocycles. The lowest BCUT2D eigenvalue weighted by Crippen LogP contribution is -2.31. The van der Waals surface area contributed by atoms with Crippen molar-refractivity contribution in [2.75, 3.05) is 13.1 Å². The molecule has 5 heterocycles. The van der Waals surface area contributed by atoms with Crippen molar-refractivity contribution in [3.05, 3.63) is 63.8 Å². The number of nitrogens with one attached hydrogen (secondary N) is 1. The van der Waals surface area contributed by atoms with E-state index in [0.29, 0.717) is 48.7 Å². The van der Waals surface area contributed by atoms with Gasteiger partial charge in [-0.1, -0.05) is 5.16 Å². The summed E-state index contributed by atoms with van der Waals surface area (Å²) in [7, 11) is 0. The molecule has 10 heteroatoms. The van der Waals surface area contributed by atoms with E-state index in [0.717, 1.165) is 11.1 Å². The van der Waals surface area contributed by atoms with E-state index in [4.69, 9.17) is 4.52 Å². The van der Waals surface area contributed by atoms with E-state index in [1.807, 2.05) is 19.2 Å². The first-order chi connectivity index (χ1) is 14.5. The van der Waals surface area contributed by atoms with Gasteiger partial charge in [-0.3, -0.25) is 14.0 Å². The fraction of sp³-hybridized carbons (Fsp3) is 0.350. The van der Waals surface area contributed by atoms with Crippen LogP contribution in [0.2, 0.25) is 0 Å². The lowest BCUT2D eigenvalue weighted by Gasteiger charge is -2.16. The molecular formula is C20H21N7O3. The number of amides is 1. The van der Waals surface area contributed by atoms with Crippen LogP contribution in [0.3, 0.4) is 0 Å². The number of aromatic amines is 1. The van der Waals surface area contributed by atoms with E-state index in [1.54, 1.807) is 39.5 Å². The first-order valence-electron chi connectivity index (χ1n) is 9.80. The summed E-state index contributed by atoms with van der Waals surface area (Å²) < 4.78 is 8.72. The number of hydrogen-bond donors (Lipinski definition) is 1. The summed E-state index contributed by atoms with van der Waals surface area (Å²) in [6, 6.07) is 3.46. The Morgan fingerprint density at radius 2 is 2.23 bits per heavy atom. The number of H-pyrrole nitrogens is 1. The molecule has 0 unspecified atom stereocenters. The summed E-state index contributed by atoms with van der Waals surface area (Å²) in [4.78, 5) is 34.5. The van der Waals surface area contributed by atoms with E-state index in [2.05, 4.69) is 20.2 Å². The minimum atomic E-state index is -0.213. The van der Waals surface area contributed by atoms with Crippen LogP contribution in [-0.4, -0.2) is 53.4 Å². The normalized spacial score (nSPS) is 16.6. The van der Waals surface area contributed by atoms with Gasteiger partial charge in [0.05, 0.1) is 24.3 Å². The van der Waals surface area contributed by atoms with Crippen LogP contribution in [0.5, 0.6) is 0 Å². The first-order valence-corrected chi connectivity index (χ1v) is 9.80. The molecule has 1 amide bonds. The largest absolute Gasteiger partial charge is 0.361 e. The smallest absolute Gasteiger partial charge is 0.327 e. The van der Waals surface area contributed by atoms with Crippen molar-refractivity contribution in [2.45, 2.75) is 32.9 Å². The fourth-order valence-corrected chi connectivity index (χ4v) is 4.04. The standard InChI is InChI=1S/C20H21N7O3/c1-12-8-22-26(9-12)11-15-13(2)30-24-17(15)19(28)25-7-5-14(10-25)27-18-16(23-20(27)29)4-3-6-21-18/h3-4,6,8-9,14H,5,7,10-11H2,1-2H3,(H,23,29)/t14-/m1/s1. The number of likely N-dealkylation sites (tertiary alicyclic amines) is 1. The van der Waals surface area contributed by atoms with Crippen molar-refractivity contribution in [1.82, 2.24) is 34.4 Å². The van der Waals surface area contributed by atoms with Gasteiger partial charge >= 0.3 is 5.69 Å². The highest BCUT2D eigenvalue weighted by Crippen LogP contribution is 2.26. The molecule has 0 bridgehead atoms. The SMILES string of the molecule is Cc1cnn(Cc2c(C(=O)N3CC[C@@H](n4c(=O)[nH]c5cccnc54)C3)noc2C)c1. The maximum absolute atomic E-state index is 13.2. The van der Waals surface area contributed by atoms with Crippen LogP contribution in [0, 0.1) is 13.8 Å². The molecule has 30 heavy (non-hydrogen) atoms. The highest BCUT2D eigenvalue weighted by molar-refractivity contribution is 5.94. The number of pyridine rings is 1. The minimum Gasteiger partial charge on any atom is -0.361 e. The second-order valence-corrected chi connectivity index (χ2v) is 7.65. The van der Waals surface area contributed by atoms with E-state index in [1.165, 1.54) is 0 Å². The van der Waals surface area contributed by atoms with Gasteiger partial charge in [0, 0.05) is 31.0 Å². The van der Waals surface area contributed by atoms with E-state index in [-0.39, 0.29) is 17.6 Å². The molecule has 1 aliphatic rings. The summed E-state index contributed by atoms with van der Waals surface area (Å²) in [6.45, 7) is 5.10. The summed E-state index contributed by atoms with van der Waals surface area (Å²) >= 11 is 0. The van der Waals surface area contributed by atoms with Crippen LogP contribution in [-0.2, 0) is 6.54 Å². The third-order valence-corrected chi connectivity index (χ3v) is 5.56. The third-order valence-electron chi connectivity index (χ3n) is 5.56. The maximum Gasteiger partial charge on any atom is 0.327 e. The molecule has 1 atom stereocenters. The van der Waals surface area contributed by atoms with Crippen LogP contribution in [0.1, 0.15) is 39.8 Å². The molecule has 4 aromatic rings. The van der Waals surface area contributed by atoms with Crippen molar-refractivity contribution in [1.29, 1.82) is 0 Å². The lowest BCUT2D eigenvalue weighted by atomic mass is 10.1. The van der Waals surface area contributed by atoms with Gasteiger partial charge in [-0.25, -0.2) is 9.78 Å². The monoisotopic (exact) mass is 407 g/mol. The molecule has 0 radical (unpaired) electrons. The lowest BCUT2D eigenvalue weighted by molar-refractivity contribution is 0.0776. The second kappa shape index (κ2) is 6.97. The molecule has 1 fully saturated rings. The second-order valence-electron chi connectivity index (χ2n) is 7.65. The number of carbonyl (C=O) groups excluding carboxylic acids is 1. The maximum atomic E-state index is 13.2. The molecule has 5 rings (SSSR count). The fourth-order valence-electron chi connectivity index (χ4n) is 4.04. The topological polar surface area (TPSA) is 115 Å². The van der Waals surface area contributed by atoms with Crippen LogP contribution in [0.4, 0.5) is 0 Å². The Labute approximate surface area is 171 Å². The number of carbonyl (C=O) groups is 1. The Morgan fingerprint density at radius 3 is 3.03 bits per heavy atom. The molecule has 0 aromatic carbocycles. The van der Waals surface area contributed by atoms with Crippen molar-refractivity contribution >= 4 is 17.1 Å². The molecule has 154 valence electrons. The molecule has 0 saturated carbocycles. The van der Waals surface area contributed by atoms with E-state index >= 15 is 0 Å². The number of nitrogens with zero attached hydrogens (tertiary/aromatic N) is 6. The van der Waals surface area contributed by atoms with Gasteiger partial charge in [0.25, 0.3) is 5.91 Å². The number of rotatable bonds is 4. The Bertz CT molecular complexity index is 1300. The van der Waals surface area contributed by atoms with Gasteiger partial charge in [0.2, 0.25) is 0 Å². The molecule has 0 spiro atoms. The predicted octanol–water partition coefficient (Wildman–Crippen LogP) is 1.66. The number of aryl methyl sites for hydroxylation is 2. The minimum absolute atomic E-state index is 0.143. The van der Waals surface area contributed by atoms with Crippen LogP contribution >= 0.6 is 0 Å². The first kappa shape index (κ1) is 18.3. The number of imidazole rings is 1. The van der Waals surface area contributed by atoms with Gasteiger partial charge in [-0.2, -0.15) is 5.10 Å². The van der Waals surface area contributed by atoms with Crippen molar-refractivity contribution < 1.29 is 9.32 Å². The van der Waals surface area contributed by atoms with Gasteiger partial charge < -0.3 is 14.4 Å². The Morgan fingerprint density at radius 1 is 1.37 bits per heavy atom. The van der Waals surface area contributed by atoms with Crippen molar-refractivity contribution in [2.24, 2.45) is 0 Å². The Balaban J connectivity index is 1.39. The zero-order valence-electron chi connectivity index (χ0n) is 16.7. The molecule has 10 nitrogen and oxygen atoms in total. The average molecular weight is 407 g/mol. The highest BCUT2D eigenvalue weighted by atomic mass is 16.5. The van der Waals surface area contributed by atoms with Crippen LogP contribution < -0.4 is 5.69 Å². The van der Waals surface area contributed by atoms with E-state index in [9.17, 15) is 9.59 Å². The number of aromatic nitrogens is 6. The van der Waals surface area contributed by atoms with Gasteiger partial charge in [-0.15, -0.1) is 0 Å². The quantitative estimate of drug-likeness (QED) is 0.550. The van der Waals surface area contributed by atoms with Gasteiger partial charge in [-0.05, 0) is 38.0 Å². The highest BCUT2D eigenvalue weighted by Gasteiger charge is 2.33. The Hall–Kier alpha value is -3.69. The number of fused-ring (bicyclic) bond motifs is 1. The summed E-state index contributed by atoms with van der Waals surface area (Å²) in [5.41, 5.74) is 3.14. The van der Waals surface area contributed by atoms with Crippen LogP contribution in [0.15, 0.2) is 40.0 Å². The zero-order chi connectivity index (χ0) is 20.8. The molecule has 1 N–H and O–H groups in total. The van der Waals surface area contributed by atoms with E-state index < -0.39 is 0 Å².